The lowest BCUT2D eigenvalue weighted by Gasteiger charge is -2.35. The maximum Gasteiger partial charge on any atom is 0.289 e. The highest BCUT2D eigenvalue weighted by Crippen LogP contribution is 2.35. The molecule has 198 valence electrons. The molecule has 0 bridgehead atoms. The summed E-state index contributed by atoms with van der Waals surface area (Å²) in [6.45, 7) is 4.41. The van der Waals surface area contributed by atoms with Crippen molar-refractivity contribution < 1.29 is 13.7 Å². The Labute approximate surface area is 230 Å². The summed E-state index contributed by atoms with van der Waals surface area (Å²) in [5.74, 6) is 1.71. The van der Waals surface area contributed by atoms with Crippen LogP contribution in [0.2, 0.25) is 0 Å². The highest BCUT2D eigenvalue weighted by atomic mass is 16.5. The van der Waals surface area contributed by atoms with Crippen LogP contribution >= 0.6 is 0 Å². The highest BCUT2D eigenvalue weighted by Gasteiger charge is 2.28. The summed E-state index contributed by atoms with van der Waals surface area (Å²) in [5, 5.41) is 7.55. The molecule has 3 aromatic heterocycles. The third-order valence-electron chi connectivity index (χ3n) is 7.47. The van der Waals surface area contributed by atoms with Crippen molar-refractivity contribution in [2.45, 2.75) is 13.3 Å². The van der Waals surface area contributed by atoms with E-state index >= 15 is 0 Å². The lowest BCUT2D eigenvalue weighted by atomic mass is 10.0. The number of amides is 1. The number of carbonyl (C=O) groups excluding carboxylic acids is 1. The second-order valence-corrected chi connectivity index (χ2v) is 10.2. The Balaban J connectivity index is 1.27. The number of furan rings is 1. The van der Waals surface area contributed by atoms with Crippen LogP contribution in [0.15, 0.2) is 94.1 Å². The van der Waals surface area contributed by atoms with E-state index in [0.717, 1.165) is 33.1 Å². The molecular formula is C32H27N5O3. The molecule has 4 heterocycles. The molecule has 1 aliphatic rings. The molecule has 8 nitrogen and oxygen atoms in total. The van der Waals surface area contributed by atoms with Crippen molar-refractivity contribution in [3.8, 4) is 11.3 Å². The van der Waals surface area contributed by atoms with E-state index in [1.165, 1.54) is 11.8 Å². The van der Waals surface area contributed by atoms with Gasteiger partial charge in [-0.2, -0.15) is 4.98 Å². The fourth-order valence-electron chi connectivity index (χ4n) is 5.29. The fourth-order valence-corrected chi connectivity index (χ4v) is 5.29. The van der Waals surface area contributed by atoms with Crippen LogP contribution in [0, 0.1) is 6.92 Å². The standard InChI is InChI=1S/C32H27N5O3/c1-21-8-10-22(11-9-21)19-27-33-30(36-14-16-37(17-15-36)32(38)26-7-4-18-39-26)28-29(35-40-31(28)34-27)25-13-12-23-5-2-3-6-24(23)20-25/h2-13,18,20H,14-17,19H2,1H3. The van der Waals surface area contributed by atoms with E-state index in [2.05, 4.69) is 71.6 Å². The van der Waals surface area contributed by atoms with Crippen LogP contribution in [0.3, 0.4) is 0 Å². The molecule has 40 heavy (non-hydrogen) atoms. The quantitative estimate of drug-likeness (QED) is 0.275. The summed E-state index contributed by atoms with van der Waals surface area (Å²) in [4.78, 5) is 26.8. The number of nitrogens with zero attached hydrogens (tertiary/aromatic N) is 5. The predicted octanol–water partition coefficient (Wildman–Crippen LogP) is 5.89. The van der Waals surface area contributed by atoms with Crippen molar-refractivity contribution in [3.05, 3.63) is 108 Å². The Bertz CT molecular complexity index is 1820. The normalized spacial score (nSPS) is 13.8. The van der Waals surface area contributed by atoms with Crippen LogP contribution < -0.4 is 4.90 Å². The summed E-state index contributed by atoms with van der Waals surface area (Å²) in [6.07, 6.45) is 2.10. The topological polar surface area (TPSA) is 88.5 Å². The van der Waals surface area contributed by atoms with Gasteiger partial charge in [-0.05, 0) is 41.5 Å². The van der Waals surface area contributed by atoms with Crippen molar-refractivity contribution in [2.75, 3.05) is 31.1 Å². The Morgan fingerprint density at radius 2 is 1.68 bits per heavy atom. The predicted molar refractivity (Wildman–Crippen MR) is 153 cm³/mol. The van der Waals surface area contributed by atoms with Crippen molar-refractivity contribution in [1.82, 2.24) is 20.0 Å². The van der Waals surface area contributed by atoms with Crippen LogP contribution in [0.1, 0.15) is 27.5 Å². The van der Waals surface area contributed by atoms with E-state index in [9.17, 15) is 4.79 Å². The Hall–Kier alpha value is -4.98. The van der Waals surface area contributed by atoms with Crippen LogP contribution in [-0.2, 0) is 6.42 Å². The molecule has 0 unspecified atom stereocenters. The molecule has 0 spiro atoms. The lowest BCUT2D eigenvalue weighted by molar-refractivity contribution is 0.0714. The molecule has 0 N–H and O–H groups in total. The van der Waals surface area contributed by atoms with E-state index in [0.29, 0.717) is 55.6 Å². The number of piperazine rings is 1. The first-order valence-corrected chi connectivity index (χ1v) is 13.4. The third-order valence-corrected chi connectivity index (χ3v) is 7.47. The van der Waals surface area contributed by atoms with Crippen LogP contribution in [0.25, 0.3) is 33.1 Å². The smallest absolute Gasteiger partial charge is 0.289 e. The van der Waals surface area contributed by atoms with Gasteiger partial charge in [0, 0.05) is 38.2 Å². The molecule has 1 fully saturated rings. The van der Waals surface area contributed by atoms with E-state index in [1.54, 1.807) is 12.1 Å². The molecule has 1 amide bonds. The number of carbonyl (C=O) groups is 1. The lowest BCUT2D eigenvalue weighted by Crippen LogP contribution is -2.49. The van der Waals surface area contributed by atoms with Gasteiger partial charge in [0.05, 0.1) is 6.26 Å². The average molecular weight is 530 g/mol. The number of hydrogen-bond donors (Lipinski definition) is 0. The minimum atomic E-state index is -0.0978. The molecule has 1 aliphatic heterocycles. The van der Waals surface area contributed by atoms with Gasteiger partial charge in [-0.15, -0.1) is 0 Å². The van der Waals surface area contributed by atoms with Gasteiger partial charge in [-0.1, -0.05) is 71.4 Å². The molecule has 0 atom stereocenters. The molecule has 3 aromatic carbocycles. The molecule has 6 aromatic rings. The summed E-state index contributed by atoms with van der Waals surface area (Å²) in [5.41, 5.74) is 4.45. The van der Waals surface area contributed by atoms with E-state index < -0.39 is 0 Å². The SMILES string of the molecule is Cc1ccc(Cc2nc(N3CCN(C(=O)c4ccco4)CC3)c3c(-c4ccc5ccccc5c4)noc3n2)cc1. The largest absolute Gasteiger partial charge is 0.459 e. The number of benzene rings is 3. The Morgan fingerprint density at radius 1 is 0.875 bits per heavy atom. The number of fused-ring (bicyclic) bond motifs is 2. The Kier molecular flexibility index (Phi) is 6.00. The second kappa shape index (κ2) is 9.96. The maximum atomic E-state index is 12.9. The van der Waals surface area contributed by atoms with Crippen LogP contribution in [0.5, 0.6) is 0 Å². The highest BCUT2D eigenvalue weighted by molar-refractivity contribution is 6.00. The summed E-state index contributed by atoms with van der Waals surface area (Å²) in [6, 6.07) is 26.3. The summed E-state index contributed by atoms with van der Waals surface area (Å²) < 4.78 is 11.2. The summed E-state index contributed by atoms with van der Waals surface area (Å²) >= 11 is 0. The second-order valence-electron chi connectivity index (χ2n) is 10.2. The molecule has 1 saturated heterocycles. The monoisotopic (exact) mass is 529 g/mol. The first-order valence-electron chi connectivity index (χ1n) is 13.4. The molecule has 8 heteroatoms. The van der Waals surface area contributed by atoms with E-state index in [4.69, 9.17) is 18.9 Å². The van der Waals surface area contributed by atoms with Gasteiger partial charge in [0.25, 0.3) is 11.6 Å². The van der Waals surface area contributed by atoms with Crippen molar-refractivity contribution in [1.29, 1.82) is 0 Å². The zero-order valence-corrected chi connectivity index (χ0v) is 22.1. The third kappa shape index (κ3) is 4.47. The number of aromatic nitrogens is 3. The average Bonchev–Trinajstić information content (AvgIpc) is 3.68. The first-order chi connectivity index (χ1) is 19.6. The number of rotatable bonds is 5. The van der Waals surface area contributed by atoms with Crippen LogP contribution in [0.4, 0.5) is 5.82 Å². The van der Waals surface area contributed by atoms with E-state index in [1.807, 2.05) is 17.0 Å². The van der Waals surface area contributed by atoms with Gasteiger partial charge in [-0.25, -0.2) is 4.98 Å². The molecule has 0 saturated carbocycles. The molecule has 0 radical (unpaired) electrons. The molecule has 0 aliphatic carbocycles. The number of hydrogen-bond acceptors (Lipinski definition) is 7. The van der Waals surface area contributed by atoms with Gasteiger partial charge in [0.2, 0.25) is 0 Å². The maximum absolute atomic E-state index is 12.9. The molecule has 7 rings (SSSR count). The minimum Gasteiger partial charge on any atom is -0.459 e. The first kappa shape index (κ1) is 24.1. The minimum absolute atomic E-state index is 0.0978. The number of anilines is 1. The summed E-state index contributed by atoms with van der Waals surface area (Å²) in [7, 11) is 0. The van der Waals surface area contributed by atoms with Crippen molar-refractivity contribution in [3.63, 3.8) is 0 Å². The van der Waals surface area contributed by atoms with Crippen molar-refractivity contribution >= 4 is 33.6 Å². The van der Waals surface area contributed by atoms with Gasteiger partial charge in [0.1, 0.15) is 22.7 Å². The van der Waals surface area contributed by atoms with E-state index in [-0.39, 0.29) is 5.91 Å². The van der Waals surface area contributed by atoms with Gasteiger partial charge in [0.15, 0.2) is 5.76 Å². The number of aryl methyl sites for hydroxylation is 1. The molecular weight excluding hydrogens is 502 g/mol. The van der Waals surface area contributed by atoms with Crippen molar-refractivity contribution in [2.24, 2.45) is 0 Å². The fraction of sp³-hybridized carbons (Fsp3) is 0.188. The zero-order chi connectivity index (χ0) is 27.1. The zero-order valence-electron chi connectivity index (χ0n) is 22.1. The van der Waals surface area contributed by atoms with Crippen LogP contribution in [-0.4, -0.2) is 52.1 Å². The van der Waals surface area contributed by atoms with Gasteiger partial charge < -0.3 is 18.7 Å². The van der Waals surface area contributed by atoms with Gasteiger partial charge in [-0.3, -0.25) is 4.79 Å². The Morgan fingerprint density at radius 3 is 2.45 bits per heavy atom. The van der Waals surface area contributed by atoms with Gasteiger partial charge >= 0.3 is 0 Å².